The Kier molecular flexibility index (Phi) is 3.46. The highest BCUT2D eigenvalue weighted by Crippen LogP contribution is 2.21. The number of nitrogens with zero attached hydrogens (tertiary/aromatic N) is 1. The maximum absolute atomic E-state index is 5.56. The minimum Gasteiger partial charge on any atom is -0.205 e. The molecule has 0 aromatic heterocycles. The normalized spacial score (nSPS) is 17.1. The lowest BCUT2D eigenvalue weighted by atomic mass is 9.95. The fourth-order valence-corrected chi connectivity index (χ4v) is 1.32. The van der Waals surface area contributed by atoms with E-state index < -0.39 is 0 Å². The van der Waals surface area contributed by atoms with E-state index in [1.807, 2.05) is 0 Å². The Morgan fingerprint density at radius 3 is 2.71 bits per heavy atom. The van der Waals surface area contributed by atoms with Crippen molar-refractivity contribution < 1.29 is 4.68 Å². The third kappa shape index (κ3) is 2.73. The molecule has 0 bridgehead atoms. The van der Waals surface area contributed by atoms with Gasteiger partial charge in [0.15, 0.2) is 6.20 Å². The van der Waals surface area contributed by atoms with Crippen molar-refractivity contribution >= 4 is 6.21 Å². The van der Waals surface area contributed by atoms with E-state index >= 15 is 0 Å². The zero-order valence-corrected chi connectivity index (χ0v) is 8.66. The molecule has 0 aromatic carbocycles. The fraction of sp³-hybridized carbons (Fsp3) is 0.250. The van der Waals surface area contributed by atoms with Crippen LogP contribution in [0.25, 0.3) is 0 Å². The molecule has 0 fully saturated rings. The molecule has 0 radical (unpaired) electrons. The predicted molar refractivity (Wildman–Crippen MR) is 60.9 cm³/mol. The fourth-order valence-electron chi connectivity index (χ4n) is 1.32. The van der Waals surface area contributed by atoms with Gasteiger partial charge in [0, 0.05) is 5.57 Å². The second-order valence-electron chi connectivity index (χ2n) is 3.49. The third-order valence-electron chi connectivity index (χ3n) is 2.29. The minimum absolute atomic E-state index is 0.955. The van der Waals surface area contributed by atoms with Gasteiger partial charge in [-0.05, 0) is 31.9 Å². The summed E-state index contributed by atoms with van der Waals surface area (Å²) in [6.07, 6.45) is 9.73. The number of hydrogen-bond acceptors (Lipinski definition) is 1. The minimum atomic E-state index is 0.955. The Morgan fingerprint density at radius 2 is 2.21 bits per heavy atom. The summed E-state index contributed by atoms with van der Waals surface area (Å²) in [6, 6.07) is 0. The molecule has 0 atom stereocenters. The van der Waals surface area contributed by atoms with Gasteiger partial charge in [-0.1, -0.05) is 29.0 Å². The van der Waals surface area contributed by atoms with Crippen molar-refractivity contribution in [2.24, 2.45) is 5.84 Å². The summed E-state index contributed by atoms with van der Waals surface area (Å²) in [5.41, 5.74) is 3.61. The van der Waals surface area contributed by atoms with Crippen LogP contribution < -0.4 is 5.84 Å². The lowest BCUT2D eigenvalue weighted by Crippen LogP contribution is -2.15. The van der Waals surface area contributed by atoms with Crippen molar-refractivity contribution in [3.8, 4) is 0 Å². The van der Waals surface area contributed by atoms with Crippen LogP contribution in [0.15, 0.2) is 48.2 Å². The van der Waals surface area contributed by atoms with Crippen LogP contribution in [0.3, 0.4) is 0 Å². The second kappa shape index (κ2) is 4.61. The van der Waals surface area contributed by atoms with E-state index in [1.54, 1.807) is 12.4 Å². The molecule has 0 unspecified atom stereocenters. The van der Waals surface area contributed by atoms with Crippen molar-refractivity contribution in [2.45, 2.75) is 19.8 Å². The first-order valence-electron chi connectivity index (χ1n) is 4.69. The summed E-state index contributed by atoms with van der Waals surface area (Å²) < 4.78 is 1.42. The van der Waals surface area contributed by atoms with Gasteiger partial charge in [0.2, 0.25) is 6.21 Å². The standard InChI is InChI=1S/C12H17N2/c1-4-14(13)9-11(3)12-7-5-10(2)6-8-12/h4-5,7,9H,1,3,6,8,13H2,2H3/q+1/b14-9+. The van der Waals surface area contributed by atoms with Crippen molar-refractivity contribution in [3.63, 3.8) is 0 Å². The van der Waals surface area contributed by atoms with Crippen molar-refractivity contribution in [2.75, 3.05) is 0 Å². The van der Waals surface area contributed by atoms with Crippen molar-refractivity contribution in [3.05, 3.63) is 48.2 Å². The SMILES string of the molecule is C=C/[N+](N)=C\C(=C)C1=CC=C(C)CC1. The number of hydrazine groups is 1. The summed E-state index contributed by atoms with van der Waals surface area (Å²) in [5, 5.41) is 0. The van der Waals surface area contributed by atoms with Gasteiger partial charge >= 0.3 is 0 Å². The first kappa shape index (κ1) is 10.5. The highest BCUT2D eigenvalue weighted by molar-refractivity contribution is 5.80. The van der Waals surface area contributed by atoms with E-state index in [9.17, 15) is 0 Å². The van der Waals surface area contributed by atoms with E-state index in [4.69, 9.17) is 5.84 Å². The van der Waals surface area contributed by atoms with E-state index in [2.05, 4.69) is 32.2 Å². The topological polar surface area (TPSA) is 29.0 Å². The quantitative estimate of drug-likeness (QED) is 0.314. The lowest BCUT2D eigenvalue weighted by molar-refractivity contribution is -0.462. The Hall–Kier alpha value is -1.57. The summed E-state index contributed by atoms with van der Waals surface area (Å²) in [5.74, 6) is 5.56. The molecule has 0 spiro atoms. The summed E-state index contributed by atoms with van der Waals surface area (Å²) >= 11 is 0. The Balaban J connectivity index is 2.77. The zero-order chi connectivity index (χ0) is 10.6. The third-order valence-corrected chi connectivity index (χ3v) is 2.29. The molecule has 0 saturated heterocycles. The number of hydrazone groups is 1. The van der Waals surface area contributed by atoms with Gasteiger partial charge in [0.25, 0.3) is 0 Å². The van der Waals surface area contributed by atoms with Gasteiger partial charge in [0.05, 0.1) is 0 Å². The maximum Gasteiger partial charge on any atom is 0.206 e. The second-order valence-corrected chi connectivity index (χ2v) is 3.49. The number of rotatable bonds is 3. The molecular formula is C12H17N2+. The molecule has 1 aliphatic carbocycles. The smallest absolute Gasteiger partial charge is 0.205 e. The van der Waals surface area contributed by atoms with Gasteiger partial charge in [-0.25, -0.2) is 5.84 Å². The summed E-state index contributed by atoms with van der Waals surface area (Å²) in [4.78, 5) is 0. The Labute approximate surface area is 85.4 Å². The molecule has 1 aliphatic rings. The summed E-state index contributed by atoms with van der Waals surface area (Å²) in [7, 11) is 0. The molecule has 0 aromatic rings. The molecule has 74 valence electrons. The van der Waals surface area contributed by atoms with Crippen molar-refractivity contribution in [1.82, 2.24) is 0 Å². The predicted octanol–water partition coefficient (Wildman–Crippen LogP) is 2.31. The van der Waals surface area contributed by atoms with Crippen LogP contribution in [0.4, 0.5) is 0 Å². The van der Waals surface area contributed by atoms with Crippen LogP contribution in [0.1, 0.15) is 19.8 Å². The Bertz CT molecular complexity index is 343. The molecule has 1 rings (SSSR count). The van der Waals surface area contributed by atoms with E-state index in [-0.39, 0.29) is 0 Å². The molecule has 2 N–H and O–H groups in total. The Morgan fingerprint density at radius 1 is 1.50 bits per heavy atom. The molecule has 2 nitrogen and oxygen atoms in total. The summed E-state index contributed by atoms with van der Waals surface area (Å²) in [6.45, 7) is 9.67. The average Bonchev–Trinajstić information content (AvgIpc) is 2.18. The van der Waals surface area contributed by atoms with E-state index in [0.717, 1.165) is 18.4 Å². The van der Waals surface area contributed by atoms with Crippen molar-refractivity contribution in [1.29, 1.82) is 0 Å². The van der Waals surface area contributed by atoms with Gasteiger partial charge in [-0.3, -0.25) is 0 Å². The van der Waals surface area contributed by atoms with Gasteiger partial charge in [-0.15, -0.1) is 0 Å². The molecular weight excluding hydrogens is 172 g/mol. The van der Waals surface area contributed by atoms with Crippen LogP contribution in [-0.2, 0) is 0 Å². The molecule has 0 heterocycles. The van der Waals surface area contributed by atoms with Crippen LogP contribution >= 0.6 is 0 Å². The number of nitrogens with two attached hydrogens (primary N) is 1. The molecule has 0 amide bonds. The van der Waals surface area contributed by atoms with Crippen LogP contribution in [0.5, 0.6) is 0 Å². The highest BCUT2D eigenvalue weighted by atomic mass is 15.3. The van der Waals surface area contributed by atoms with Gasteiger partial charge in [0.1, 0.15) is 0 Å². The maximum atomic E-state index is 5.56. The van der Waals surface area contributed by atoms with Gasteiger partial charge in [-0.2, -0.15) is 0 Å². The van der Waals surface area contributed by atoms with Crippen LogP contribution in [-0.4, -0.2) is 10.9 Å². The van der Waals surface area contributed by atoms with Gasteiger partial charge < -0.3 is 0 Å². The van der Waals surface area contributed by atoms with Crippen LogP contribution in [0, 0.1) is 0 Å². The monoisotopic (exact) mass is 189 g/mol. The number of hydrogen-bond donors (Lipinski definition) is 1. The first-order chi connectivity index (χ1) is 6.63. The molecule has 0 aliphatic heterocycles. The van der Waals surface area contributed by atoms with Crippen LogP contribution in [0.2, 0.25) is 0 Å². The molecule has 0 saturated carbocycles. The van der Waals surface area contributed by atoms with E-state index in [1.165, 1.54) is 15.8 Å². The first-order valence-corrected chi connectivity index (χ1v) is 4.69. The largest absolute Gasteiger partial charge is 0.206 e. The number of allylic oxidation sites excluding steroid dienone is 5. The van der Waals surface area contributed by atoms with E-state index in [0.29, 0.717) is 0 Å². The molecule has 14 heavy (non-hydrogen) atoms. The average molecular weight is 189 g/mol. The molecule has 2 heteroatoms. The lowest BCUT2D eigenvalue weighted by Gasteiger charge is -2.10. The zero-order valence-electron chi connectivity index (χ0n) is 8.66. The highest BCUT2D eigenvalue weighted by Gasteiger charge is 2.07.